The molecule has 1 amide bonds. The van der Waals surface area contributed by atoms with Gasteiger partial charge in [0, 0.05) is 0 Å². The Bertz CT molecular complexity index is 1450. The number of nitrogens with one attached hydrogen (secondary N) is 1. The number of carbonyl (C=O) groups excluding carboxylic acids is 1. The molecule has 0 fully saturated rings. The summed E-state index contributed by atoms with van der Waals surface area (Å²) >= 11 is 0. The van der Waals surface area contributed by atoms with E-state index in [9.17, 15) is 13.2 Å². The number of nitrogens with zero attached hydrogens (tertiary/aromatic N) is 1. The molecule has 36 heavy (non-hydrogen) atoms. The van der Waals surface area contributed by atoms with Crippen molar-refractivity contribution in [3.05, 3.63) is 131 Å². The van der Waals surface area contributed by atoms with Crippen LogP contribution in [-0.4, -0.2) is 20.9 Å². The normalized spacial score (nSPS) is 12.1. The molecule has 0 spiro atoms. The van der Waals surface area contributed by atoms with Crippen LogP contribution in [0.25, 0.3) is 0 Å². The SMILES string of the molecule is Cc1ccc(S(=O)(=O)N(CC(=O)NC(c2ccccc2)c2ccccc2C)c2cccc(C)c2)cc1. The summed E-state index contributed by atoms with van der Waals surface area (Å²) in [6.07, 6.45) is 0. The highest BCUT2D eigenvalue weighted by atomic mass is 32.2. The average molecular weight is 499 g/mol. The molecule has 0 bridgehead atoms. The standard InChI is InChI=1S/C30H30N2O3S/c1-22-16-18-27(19-17-22)36(34,35)32(26-14-9-10-23(2)20-26)21-29(33)31-30(25-12-5-4-6-13-25)28-15-8-7-11-24(28)3/h4-20,30H,21H2,1-3H3,(H,31,33). The van der Waals surface area contributed by atoms with E-state index in [0.717, 1.165) is 27.8 Å². The zero-order valence-corrected chi connectivity index (χ0v) is 21.5. The van der Waals surface area contributed by atoms with Crippen molar-refractivity contribution in [2.75, 3.05) is 10.8 Å². The monoisotopic (exact) mass is 498 g/mol. The number of rotatable bonds is 8. The van der Waals surface area contributed by atoms with Crippen molar-refractivity contribution < 1.29 is 13.2 Å². The number of amides is 1. The van der Waals surface area contributed by atoms with Crippen LogP contribution in [0.2, 0.25) is 0 Å². The molecule has 1 N–H and O–H groups in total. The van der Waals surface area contributed by atoms with Crippen molar-refractivity contribution in [3.8, 4) is 0 Å². The van der Waals surface area contributed by atoms with E-state index in [1.54, 1.807) is 42.5 Å². The van der Waals surface area contributed by atoms with E-state index >= 15 is 0 Å². The number of anilines is 1. The number of hydrogen-bond donors (Lipinski definition) is 1. The summed E-state index contributed by atoms with van der Waals surface area (Å²) in [4.78, 5) is 13.6. The van der Waals surface area contributed by atoms with Crippen LogP contribution in [0.4, 0.5) is 5.69 Å². The summed E-state index contributed by atoms with van der Waals surface area (Å²) in [6.45, 7) is 5.44. The Labute approximate surface area is 213 Å². The van der Waals surface area contributed by atoms with E-state index in [2.05, 4.69) is 5.32 Å². The molecule has 1 unspecified atom stereocenters. The first kappa shape index (κ1) is 25.2. The molecule has 4 aromatic rings. The van der Waals surface area contributed by atoms with Crippen molar-refractivity contribution in [2.45, 2.75) is 31.7 Å². The molecule has 4 rings (SSSR count). The smallest absolute Gasteiger partial charge is 0.264 e. The first-order valence-corrected chi connectivity index (χ1v) is 13.3. The summed E-state index contributed by atoms with van der Waals surface area (Å²) in [5.74, 6) is -0.399. The van der Waals surface area contributed by atoms with Crippen LogP contribution in [0.15, 0.2) is 108 Å². The molecule has 184 valence electrons. The van der Waals surface area contributed by atoms with Crippen LogP contribution >= 0.6 is 0 Å². The van der Waals surface area contributed by atoms with Gasteiger partial charge < -0.3 is 5.32 Å². The van der Waals surface area contributed by atoms with Crippen LogP contribution < -0.4 is 9.62 Å². The molecular formula is C30H30N2O3S. The van der Waals surface area contributed by atoms with Gasteiger partial charge in [0.2, 0.25) is 5.91 Å². The molecule has 6 heteroatoms. The Morgan fingerprint density at radius 1 is 0.778 bits per heavy atom. The fourth-order valence-corrected chi connectivity index (χ4v) is 5.58. The van der Waals surface area contributed by atoms with Crippen LogP contribution in [0.1, 0.15) is 33.9 Å². The largest absolute Gasteiger partial charge is 0.344 e. The molecule has 0 saturated carbocycles. The van der Waals surface area contributed by atoms with Crippen molar-refractivity contribution in [3.63, 3.8) is 0 Å². The zero-order chi connectivity index (χ0) is 25.7. The Morgan fingerprint density at radius 3 is 2.11 bits per heavy atom. The Hall–Kier alpha value is -3.90. The zero-order valence-electron chi connectivity index (χ0n) is 20.7. The number of sulfonamides is 1. The second-order valence-corrected chi connectivity index (χ2v) is 10.8. The summed E-state index contributed by atoms with van der Waals surface area (Å²) in [5.41, 5.74) is 5.22. The first-order valence-electron chi connectivity index (χ1n) is 11.8. The maximum atomic E-state index is 13.7. The lowest BCUT2D eigenvalue weighted by atomic mass is 9.95. The third-order valence-corrected chi connectivity index (χ3v) is 7.91. The van der Waals surface area contributed by atoms with Gasteiger partial charge in [0.25, 0.3) is 10.0 Å². The van der Waals surface area contributed by atoms with Crippen LogP contribution in [-0.2, 0) is 14.8 Å². The number of aryl methyl sites for hydroxylation is 3. The second-order valence-electron chi connectivity index (χ2n) is 8.93. The highest BCUT2D eigenvalue weighted by Gasteiger charge is 2.28. The third kappa shape index (κ3) is 5.66. The number of hydrogen-bond acceptors (Lipinski definition) is 3. The average Bonchev–Trinajstić information content (AvgIpc) is 2.87. The Morgan fingerprint density at radius 2 is 1.44 bits per heavy atom. The van der Waals surface area contributed by atoms with Crippen molar-refractivity contribution in [1.29, 1.82) is 0 Å². The van der Waals surface area contributed by atoms with Gasteiger partial charge in [0.15, 0.2) is 0 Å². The van der Waals surface area contributed by atoms with Crippen molar-refractivity contribution >= 4 is 21.6 Å². The number of carbonyl (C=O) groups is 1. The fraction of sp³-hybridized carbons (Fsp3) is 0.167. The number of benzene rings is 4. The van der Waals surface area contributed by atoms with Gasteiger partial charge in [-0.2, -0.15) is 0 Å². The van der Waals surface area contributed by atoms with E-state index < -0.39 is 22.0 Å². The molecule has 0 aliphatic heterocycles. The molecule has 0 heterocycles. The minimum atomic E-state index is -3.98. The van der Waals surface area contributed by atoms with E-state index in [-0.39, 0.29) is 11.4 Å². The molecule has 0 aromatic heterocycles. The van der Waals surface area contributed by atoms with Gasteiger partial charge in [-0.25, -0.2) is 8.42 Å². The Kier molecular flexibility index (Phi) is 7.55. The first-order chi connectivity index (χ1) is 17.3. The third-order valence-electron chi connectivity index (χ3n) is 6.12. The molecule has 0 aliphatic carbocycles. The molecule has 4 aromatic carbocycles. The van der Waals surface area contributed by atoms with Crippen LogP contribution in [0.5, 0.6) is 0 Å². The fourth-order valence-electron chi connectivity index (χ4n) is 4.17. The molecular weight excluding hydrogens is 468 g/mol. The van der Waals surface area contributed by atoms with Gasteiger partial charge in [-0.3, -0.25) is 9.10 Å². The van der Waals surface area contributed by atoms with Gasteiger partial charge in [-0.15, -0.1) is 0 Å². The topological polar surface area (TPSA) is 66.5 Å². The lowest BCUT2D eigenvalue weighted by Crippen LogP contribution is -2.42. The summed E-state index contributed by atoms with van der Waals surface area (Å²) in [5, 5.41) is 3.09. The minimum absolute atomic E-state index is 0.140. The molecule has 1 atom stereocenters. The highest BCUT2D eigenvalue weighted by molar-refractivity contribution is 7.92. The van der Waals surface area contributed by atoms with E-state index in [1.807, 2.05) is 81.4 Å². The summed E-state index contributed by atoms with van der Waals surface area (Å²) < 4.78 is 28.6. The predicted molar refractivity (Wildman–Crippen MR) is 144 cm³/mol. The lowest BCUT2D eigenvalue weighted by Gasteiger charge is -2.27. The van der Waals surface area contributed by atoms with E-state index in [4.69, 9.17) is 0 Å². The maximum absolute atomic E-state index is 13.7. The lowest BCUT2D eigenvalue weighted by molar-refractivity contribution is -0.120. The van der Waals surface area contributed by atoms with E-state index in [0.29, 0.717) is 5.69 Å². The molecule has 0 saturated heterocycles. The van der Waals surface area contributed by atoms with Gasteiger partial charge in [-0.05, 0) is 67.3 Å². The van der Waals surface area contributed by atoms with Gasteiger partial charge >= 0.3 is 0 Å². The molecule has 0 aliphatic rings. The van der Waals surface area contributed by atoms with Gasteiger partial charge in [0.05, 0.1) is 16.6 Å². The van der Waals surface area contributed by atoms with Crippen molar-refractivity contribution in [2.24, 2.45) is 0 Å². The van der Waals surface area contributed by atoms with Crippen LogP contribution in [0.3, 0.4) is 0 Å². The van der Waals surface area contributed by atoms with Crippen molar-refractivity contribution in [1.82, 2.24) is 5.32 Å². The minimum Gasteiger partial charge on any atom is -0.344 e. The van der Waals surface area contributed by atoms with E-state index in [1.165, 1.54) is 4.31 Å². The summed E-state index contributed by atoms with van der Waals surface area (Å²) in [7, 11) is -3.98. The Balaban J connectivity index is 1.70. The molecule has 5 nitrogen and oxygen atoms in total. The predicted octanol–water partition coefficient (Wildman–Crippen LogP) is 5.71. The summed E-state index contributed by atoms with van der Waals surface area (Å²) in [6, 6.07) is 31.0. The highest BCUT2D eigenvalue weighted by Crippen LogP contribution is 2.27. The van der Waals surface area contributed by atoms with Crippen LogP contribution in [0, 0.1) is 20.8 Å². The quantitative estimate of drug-likeness (QED) is 0.338. The van der Waals surface area contributed by atoms with Gasteiger partial charge in [0.1, 0.15) is 6.54 Å². The van der Waals surface area contributed by atoms with Gasteiger partial charge in [-0.1, -0.05) is 84.4 Å². The molecule has 0 radical (unpaired) electrons. The maximum Gasteiger partial charge on any atom is 0.264 e. The second kappa shape index (κ2) is 10.8.